The molecule has 5 rings (SSSR count). The zero-order valence-electron chi connectivity index (χ0n) is 20.5. The van der Waals surface area contributed by atoms with Crippen LogP contribution in [0.2, 0.25) is 0 Å². The second kappa shape index (κ2) is 10.1. The Labute approximate surface area is 206 Å². The van der Waals surface area contributed by atoms with Crippen molar-refractivity contribution in [1.29, 1.82) is 0 Å². The first-order valence-electron chi connectivity index (χ1n) is 12.4. The molecule has 184 valence electrons. The van der Waals surface area contributed by atoms with Gasteiger partial charge in [-0.25, -0.2) is 0 Å². The van der Waals surface area contributed by atoms with Crippen LogP contribution < -0.4 is 30.5 Å². The van der Waals surface area contributed by atoms with Crippen molar-refractivity contribution in [3.8, 4) is 11.5 Å². The second-order valence-corrected chi connectivity index (χ2v) is 9.54. The van der Waals surface area contributed by atoms with E-state index >= 15 is 0 Å². The number of methoxy groups -OCH3 is 2. The van der Waals surface area contributed by atoms with Gasteiger partial charge in [0.2, 0.25) is 0 Å². The van der Waals surface area contributed by atoms with Crippen molar-refractivity contribution in [3.05, 3.63) is 74.0 Å². The summed E-state index contributed by atoms with van der Waals surface area (Å²) in [6.45, 7) is 4.49. The SMILES string of the molecule is COc1ccc(CCN2CCCC(CNc3c(N4CCc5ccccc54)c(=O)c3=O)C2)cc1OC. The second-order valence-electron chi connectivity index (χ2n) is 9.54. The van der Waals surface area contributed by atoms with Gasteiger partial charge in [-0.1, -0.05) is 24.3 Å². The van der Waals surface area contributed by atoms with Crippen molar-refractivity contribution in [3.63, 3.8) is 0 Å². The predicted octanol–water partition coefficient (Wildman–Crippen LogP) is 3.36. The number of hydrogen-bond donors (Lipinski definition) is 1. The molecule has 3 aromatic rings. The molecule has 0 spiro atoms. The number of hydrogen-bond acceptors (Lipinski definition) is 7. The lowest BCUT2D eigenvalue weighted by Crippen LogP contribution is -2.43. The van der Waals surface area contributed by atoms with Crippen LogP contribution in [0.1, 0.15) is 24.0 Å². The third-order valence-corrected chi connectivity index (χ3v) is 7.38. The van der Waals surface area contributed by atoms with E-state index in [1.54, 1.807) is 14.2 Å². The highest BCUT2D eigenvalue weighted by atomic mass is 16.5. The Morgan fingerprint density at radius 2 is 1.83 bits per heavy atom. The standard InChI is InChI=1S/C28H33N3O4/c1-34-23-10-9-19(16-24(23)35-2)11-14-30-13-5-6-20(18-30)17-29-25-26(28(33)27(25)32)31-15-12-21-7-3-4-8-22(21)31/h3-4,7-10,16,20,29H,5-6,11-15,17-18H2,1-2H3. The first kappa shape index (κ1) is 23.4. The smallest absolute Gasteiger partial charge is 0.253 e. The van der Waals surface area contributed by atoms with Crippen LogP contribution in [0.3, 0.4) is 0 Å². The Balaban J connectivity index is 1.18. The number of ether oxygens (including phenoxy) is 2. The van der Waals surface area contributed by atoms with Crippen molar-refractivity contribution in [2.24, 2.45) is 5.92 Å². The van der Waals surface area contributed by atoms with E-state index < -0.39 is 0 Å². The van der Waals surface area contributed by atoms with Gasteiger partial charge in [0.1, 0.15) is 11.4 Å². The lowest BCUT2D eigenvalue weighted by atomic mass is 9.97. The highest BCUT2D eigenvalue weighted by Crippen LogP contribution is 2.36. The van der Waals surface area contributed by atoms with Crippen LogP contribution >= 0.6 is 0 Å². The molecular formula is C28H33N3O4. The number of para-hydroxylation sites is 1. The molecule has 2 aliphatic rings. The van der Waals surface area contributed by atoms with Gasteiger partial charge in [0, 0.05) is 31.9 Å². The summed E-state index contributed by atoms with van der Waals surface area (Å²) in [4.78, 5) is 29.4. The maximum Gasteiger partial charge on any atom is 0.253 e. The third kappa shape index (κ3) is 4.65. The number of piperidine rings is 1. The number of nitrogens with zero attached hydrogens (tertiary/aromatic N) is 2. The van der Waals surface area contributed by atoms with Crippen LogP contribution in [0.5, 0.6) is 11.5 Å². The molecule has 0 aliphatic carbocycles. The summed E-state index contributed by atoms with van der Waals surface area (Å²) in [5.74, 6) is 1.95. The van der Waals surface area contributed by atoms with Crippen molar-refractivity contribution < 1.29 is 9.47 Å². The summed E-state index contributed by atoms with van der Waals surface area (Å²) in [6.07, 6.45) is 4.09. The Hall–Kier alpha value is -3.32. The van der Waals surface area contributed by atoms with Gasteiger partial charge in [0.25, 0.3) is 10.9 Å². The summed E-state index contributed by atoms with van der Waals surface area (Å²) in [5, 5.41) is 3.36. The summed E-state index contributed by atoms with van der Waals surface area (Å²) in [7, 11) is 3.31. The molecule has 2 heterocycles. The molecule has 0 radical (unpaired) electrons. The number of benzene rings is 2. The van der Waals surface area contributed by atoms with Gasteiger partial charge in [-0.05, 0) is 67.5 Å². The van der Waals surface area contributed by atoms with Gasteiger partial charge in [-0.15, -0.1) is 0 Å². The van der Waals surface area contributed by atoms with Crippen LogP contribution in [0.4, 0.5) is 17.1 Å². The molecule has 0 aromatic heterocycles. The molecule has 0 amide bonds. The monoisotopic (exact) mass is 475 g/mol. The maximum absolute atomic E-state index is 12.5. The number of nitrogens with one attached hydrogen (secondary N) is 1. The molecule has 0 bridgehead atoms. The average molecular weight is 476 g/mol. The Bertz CT molecular complexity index is 1260. The van der Waals surface area contributed by atoms with Gasteiger partial charge in [-0.3, -0.25) is 9.59 Å². The summed E-state index contributed by atoms with van der Waals surface area (Å²) >= 11 is 0. The van der Waals surface area contributed by atoms with E-state index in [2.05, 4.69) is 22.3 Å². The lowest BCUT2D eigenvalue weighted by Gasteiger charge is -2.33. The fourth-order valence-corrected chi connectivity index (χ4v) is 5.46. The molecule has 1 atom stereocenters. The quantitative estimate of drug-likeness (QED) is 0.476. The van der Waals surface area contributed by atoms with Crippen molar-refractivity contribution in [1.82, 2.24) is 4.90 Å². The topological polar surface area (TPSA) is 71.1 Å². The highest BCUT2D eigenvalue weighted by Gasteiger charge is 2.31. The zero-order chi connectivity index (χ0) is 24.4. The lowest BCUT2D eigenvalue weighted by molar-refractivity contribution is 0.182. The Kier molecular flexibility index (Phi) is 6.77. The van der Waals surface area contributed by atoms with E-state index in [0.717, 1.165) is 69.0 Å². The molecule has 35 heavy (non-hydrogen) atoms. The van der Waals surface area contributed by atoms with Gasteiger partial charge in [-0.2, -0.15) is 0 Å². The average Bonchev–Trinajstić information content (AvgIpc) is 3.32. The summed E-state index contributed by atoms with van der Waals surface area (Å²) < 4.78 is 10.8. The van der Waals surface area contributed by atoms with Gasteiger partial charge in [0.15, 0.2) is 11.5 Å². The Morgan fingerprint density at radius 3 is 2.66 bits per heavy atom. The van der Waals surface area contributed by atoms with Gasteiger partial charge >= 0.3 is 0 Å². The molecule has 1 fully saturated rings. The number of likely N-dealkylation sites (tertiary alicyclic amines) is 1. The van der Waals surface area contributed by atoms with Crippen LogP contribution in [-0.4, -0.2) is 51.8 Å². The molecule has 7 heteroatoms. The van der Waals surface area contributed by atoms with E-state index in [-0.39, 0.29) is 10.9 Å². The normalized spacial score (nSPS) is 18.0. The third-order valence-electron chi connectivity index (χ3n) is 7.38. The molecule has 1 unspecified atom stereocenters. The molecule has 2 aliphatic heterocycles. The minimum atomic E-state index is -0.384. The van der Waals surface area contributed by atoms with E-state index in [9.17, 15) is 9.59 Å². The minimum absolute atomic E-state index is 0.371. The van der Waals surface area contributed by atoms with E-state index in [4.69, 9.17) is 9.47 Å². The van der Waals surface area contributed by atoms with Gasteiger partial charge in [0.05, 0.1) is 14.2 Å². The largest absolute Gasteiger partial charge is 0.493 e. The van der Waals surface area contributed by atoms with Crippen LogP contribution in [0.25, 0.3) is 0 Å². The molecule has 7 nitrogen and oxygen atoms in total. The van der Waals surface area contributed by atoms with E-state index in [1.807, 2.05) is 35.2 Å². The van der Waals surface area contributed by atoms with Crippen molar-refractivity contribution in [2.45, 2.75) is 25.7 Å². The molecule has 1 saturated heterocycles. The van der Waals surface area contributed by atoms with E-state index in [0.29, 0.717) is 23.8 Å². The number of fused-ring (bicyclic) bond motifs is 1. The zero-order valence-corrected chi connectivity index (χ0v) is 20.5. The number of anilines is 3. The Morgan fingerprint density at radius 1 is 1.00 bits per heavy atom. The van der Waals surface area contributed by atoms with Crippen molar-refractivity contribution >= 4 is 17.1 Å². The first-order chi connectivity index (χ1) is 17.1. The fourth-order valence-electron chi connectivity index (χ4n) is 5.46. The van der Waals surface area contributed by atoms with Crippen LogP contribution in [0, 0.1) is 5.92 Å². The highest BCUT2D eigenvalue weighted by molar-refractivity contribution is 5.82. The van der Waals surface area contributed by atoms with Gasteiger partial charge < -0.3 is 24.6 Å². The van der Waals surface area contributed by atoms with Crippen molar-refractivity contribution in [2.75, 3.05) is 57.2 Å². The summed E-state index contributed by atoms with van der Waals surface area (Å²) in [6, 6.07) is 14.2. The molecule has 0 saturated carbocycles. The minimum Gasteiger partial charge on any atom is -0.493 e. The maximum atomic E-state index is 12.5. The molecular weight excluding hydrogens is 442 g/mol. The summed E-state index contributed by atoms with van der Waals surface area (Å²) in [5.41, 5.74) is 3.78. The molecule has 1 N–H and O–H groups in total. The van der Waals surface area contributed by atoms with Crippen LogP contribution in [-0.2, 0) is 12.8 Å². The van der Waals surface area contributed by atoms with Crippen LogP contribution in [0.15, 0.2) is 52.1 Å². The van der Waals surface area contributed by atoms with E-state index in [1.165, 1.54) is 11.1 Å². The fraction of sp³-hybridized carbons (Fsp3) is 0.429. The predicted molar refractivity (Wildman–Crippen MR) is 139 cm³/mol. The number of rotatable bonds is 9. The first-order valence-corrected chi connectivity index (χ1v) is 12.4. The molecule has 3 aromatic carbocycles.